The quantitative estimate of drug-likeness (QED) is 0.896. The van der Waals surface area contributed by atoms with Gasteiger partial charge in [0.05, 0.1) is 5.69 Å². The lowest BCUT2D eigenvalue weighted by Gasteiger charge is -2.04. The average molecular weight is 258 g/mol. The second kappa shape index (κ2) is 4.12. The minimum atomic E-state index is -1.01. The zero-order valence-corrected chi connectivity index (χ0v) is 10.8. The van der Waals surface area contributed by atoms with Crippen molar-refractivity contribution in [3.8, 4) is 17.0 Å². The van der Waals surface area contributed by atoms with Crippen LogP contribution in [-0.2, 0) is 13.5 Å². The molecular weight excluding hydrogens is 244 g/mol. The van der Waals surface area contributed by atoms with Crippen LogP contribution in [-0.4, -0.2) is 27.0 Å². The molecule has 1 aromatic carbocycles. The number of aryl methyl sites for hydroxylation is 1. The van der Waals surface area contributed by atoms with Crippen molar-refractivity contribution in [2.45, 2.75) is 19.4 Å². The lowest BCUT2D eigenvalue weighted by atomic mass is 10.0. The molecule has 1 aliphatic rings. The van der Waals surface area contributed by atoms with E-state index in [0.717, 1.165) is 29.0 Å². The summed E-state index contributed by atoms with van der Waals surface area (Å²) < 4.78 is 7.24. The summed E-state index contributed by atoms with van der Waals surface area (Å²) in [5.41, 5.74) is 2.96. The summed E-state index contributed by atoms with van der Waals surface area (Å²) in [5.74, 6) is -0.100. The largest absolute Gasteiger partial charge is 0.490 e. The van der Waals surface area contributed by atoms with Gasteiger partial charge >= 0.3 is 5.97 Å². The first kappa shape index (κ1) is 11.8. The molecule has 5 heteroatoms. The fourth-order valence-electron chi connectivity index (χ4n) is 2.42. The van der Waals surface area contributed by atoms with Crippen LogP contribution in [0.15, 0.2) is 24.3 Å². The van der Waals surface area contributed by atoms with E-state index < -0.39 is 5.97 Å². The molecular formula is C14H14N2O3. The van der Waals surface area contributed by atoms with Gasteiger partial charge in [-0.1, -0.05) is 0 Å². The van der Waals surface area contributed by atoms with Gasteiger partial charge in [-0.05, 0) is 36.8 Å². The van der Waals surface area contributed by atoms with Crippen LogP contribution in [0, 0.1) is 0 Å². The van der Waals surface area contributed by atoms with Crippen molar-refractivity contribution in [3.05, 3.63) is 35.5 Å². The molecule has 0 saturated heterocycles. The zero-order valence-electron chi connectivity index (χ0n) is 10.8. The number of nitrogens with zero attached hydrogens (tertiary/aromatic N) is 2. The van der Waals surface area contributed by atoms with E-state index in [-0.39, 0.29) is 11.8 Å². The summed E-state index contributed by atoms with van der Waals surface area (Å²) >= 11 is 0. The van der Waals surface area contributed by atoms with Crippen LogP contribution in [0.5, 0.6) is 5.75 Å². The van der Waals surface area contributed by atoms with Crippen LogP contribution in [0.2, 0.25) is 0 Å². The Balaban J connectivity index is 2.04. The highest BCUT2D eigenvalue weighted by Gasteiger charge is 2.20. The normalized spacial score (nSPS) is 17.1. The van der Waals surface area contributed by atoms with E-state index in [4.69, 9.17) is 9.84 Å². The predicted molar refractivity (Wildman–Crippen MR) is 69.4 cm³/mol. The van der Waals surface area contributed by atoms with Crippen molar-refractivity contribution in [2.24, 2.45) is 7.05 Å². The summed E-state index contributed by atoms with van der Waals surface area (Å²) in [6.45, 7) is 2.03. The third-order valence-corrected chi connectivity index (χ3v) is 3.29. The molecule has 0 bridgehead atoms. The molecule has 0 spiro atoms. The van der Waals surface area contributed by atoms with Crippen LogP contribution in [0.4, 0.5) is 0 Å². The number of carboxylic acid groups (broad SMARTS) is 1. The standard InChI is InChI=1S/C14H14N2O3/c1-8-5-10-6-9(3-4-13(10)19-8)12-7-11(14(17)18)15-16(12)2/h3-4,6-8H,5H2,1-2H3,(H,17,18). The first-order chi connectivity index (χ1) is 9.04. The van der Waals surface area contributed by atoms with E-state index in [1.54, 1.807) is 17.8 Å². The smallest absolute Gasteiger partial charge is 0.356 e. The predicted octanol–water partition coefficient (Wildman–Crippen LogP) is 2.11. The number of ether oxygens (including phenoxy) is 1. The number of hydrogen-bond donors (Lipinski definition) is 1. The summed E-state index contributed by atoms with van der Waals surface area (Å²) in [4.78, 5) is 10.9. The number of benzene rings is 1. The van der Waals surface area contributed by atoms with Gasteiger partial charge in [0.15, 0.2) is 5.69 Å². The Hall–Kier alpha value is -2.30. The van der Waals surface area contributed by atoms with Gasteiger partial charge in [-0.15, -0.1) is 0 Å². The Morgan fingerprint density at radius 3 is 2.95 bits per heavy atom. The highest BCUT2D eigenvalue weighted by molar-refractivity contribution is 5.87. The van der Waals surface area contributed by atoms with Crippen LogP contribution >= 0.6 is 0 Å². The molecule has 1 N–H and O–H groups in total. The Morgan fingerprint density at radius 1 is 1.47 bits per heavy atom. The molecule has 0 amide bonds. The maximum absolute atomic E-state index is 10.9. The summed E-state index contributed by atoms with van der Waals surface area (Å²) in [7, 11) is 1.74. The van der Waals surface area contributed by atoms with Crippen molar-refractivity contribution < 1.29 is 14.6 Å². The number of aromatic nitrogens is 2. The third kappa shape index (κ3) is 1.97. The van der Waals surface area contributed by atoms with Gasteiger partial charge in [-0.2, -0.15) is 5.10 Å². The Labute approximate surface area is 110 Å². The molecule has 0 aliphatic carbocycles. The summed E-state index contributed by atoms with van der Waals surface area (Å²) in [6, 6.07) is 7.49. The maximum atomic E-state index is 10.9. The van der Waals surface area contributed by atoms with Gasteiger partial charge in [-0.3, -0.25) is 4.68 Å². The second-order valence-electron chi connectivity index (χ2n) is 4.80. The van der Waals surface area contributed by atoms with E-state index in [1.807, 2.05) is 25.1 Å². The number of fused-ring (bicyclic) bond motifs is 1. The van der Waals surface area contributed by atoms with Crippen LogP contribution in [0.25, 0.3) is 11.3 Å². The molecule has 2 aromatic rings. The van der Waals surface area contributed by atoms with Crippen molar-refractivity contribution >= 4 is 5.97 Å². The molecule has 19 heavy (non-hydrogen) atoms. The molecule has 0 fully saturated rings. The zero-order chi connectivity index (χ0) is 13.6. The van der Waals surface area contributed by atoms with Gasteiger partial charge < -0.3 is 9.84 Å². The fourth-order valence-corrected chi connectivity index (χ4v) is 2.42. The van der Waals surface area contributed by atoms with Gasteiger partial charge in [0, 0.05) is 19.0 Å². The molecule has 98 valence electrons. The Kier molecular flexibility index (Phi) is 2.55. The first-order valence-corrected chi connectivity index (χ1v) is 6.12. The van der Waals surface area contributed by atoms with Crippen molar-refractivity contribution in [1.29, 1.82) is 0 Å². The average Bonchev–Trinajstić information content (AvgIpc) is 2.90. The molecule has 1 aliphatic heterocycles. The van der Waals surface area contributed by atoms with E-state index in [0.29, 0.717) is 0 Å². The Bertz CT molecular complexity index is 661. The molecule has 1 aromatic heterocycles. The van der Waals surface area contributed by atoms with E-state index in [1.165, 1.54) is 0 Å². The molecule has 5 nitrogen and oxygen atoms in total. The minimum absolute atomic E-state index is 0.0580. The topological polar surface area (TPSA) is 64.3 Å². The number of hydrogen-bond acceptors (Lipinski definition) is 3. The SMILES string of the molecule is CC1Cc2cc(-c3cc(C(=O)O)nn3C)ccc2O1. The molecule has 0 saturated carbocycles. The van der Waals surface area contributed by atoms with Gasteiger partial charge in [0.1, 0.15) is 11.9 Å². The van der Waals surface area contributed by atoms with Gasteiger partial charge in [0.2, 0.25) is 0 Å². The lowest BCUT2D eigenvalue weighted by molar-refractivity contribution is 0.0689. The van der Waals surface area contributed by atoms with Crippen molar-refractivity contribution in [3.63, 3.8) is 0 Å². The van der Waals surface area contributed by atoms with Crippen LogP contribution in [0.3, 0.4) is 0 Å². The highest BCUT2D eigenvalue weighted by atomic mass is 16.5. The van der Waals surface area contributed by atoms with E-state index in [2.05, 4.69) is 5.10 Å². The van der Waals surface area contributed by atoms with Crippen molar-refractivity contribution in [1.82, 2.24) is 9.78 Å². The Morgan fingerprint density at radius 2 is 2.26 bits per heavy atom. The monoisotopic (exact) mass is 258 g/mol. The molecule has 3 rings (SSSR count). The first-order valence-electron chi connectivity index (χ1n) is 6.12. The minimum Gasteiger partial charge on any atom is -0.490 e. The van der Waals surface area contributed by atoms with E-state index >= 15 is 0 Å². The summed E-state index contributed by atoms with van der Waals surface area (Å²) in [6.07, 6.45) is 1.08. The third-order valence-electron chi connectivity index (χ3n) is 3.29. The molecule has 2 heterocycles. The second-order valence-corrected chi connectivity index (χ2v) is 4.80. The van der Waals surface area contributed by atoms with Gasteiger partial charge in [0.25, 0.3) is 0 Å². The van der Waals surface area contributed by atoms with Crippen LogP contribution in [0.1, 0.15) is 23.0 Å². The number of rotatable bonds is 2. The van der Waals surface area contributed by atoms with Gasteiger partial charge in [-0.25, -0.2) is 4.79 Å². The number of carboxylic acids is 1. The molecule has 0 radical (unpaired) electrons. The van der Waals surface area contributed by atoms with Crippen LogP contribution < -0.4 is 4.74 Å². The molecule has 1 unspecified atom stereocenters. The summed E-state index contributed by atoms with van der Waals surface area (Å²) in [5, 5.41) is 12.9. The highest BCUT2D eigenvalue weighted by Crippen LogP contribution is 2.32. The maximum Gasteiger partial charge on any atom is 0.356 e. The number of aromatic carboxylic acids is 1. The molecule has 1 atom stereocenters. The fraction of sp³-hybridized carbons (Fsp3) is 0.286. The van der Waals surface area contributed by atoms with Crippen molar-refractivity contribution in [2.75, 3.05) is 0 Å². The number of carbonyl (C=O) groups is 1. The lowest BCUT2D eigenvalue weighted by Crippen LogP contribution is -2.05. The van der Waals surface area contributed by atoms with E-state index in [9.17, 15) is 4.79 Å².